The summed E-state index contributed by atoms with van der Waals surface area (Å²) in [7, 11) is -1.69. The number of ether oxygens (including phenoxy) is 2. The Morgan fingerprint density at radius 1 is 1.11 bits per heavy atom. The van der Waals surface area contributed by atoms with Crippen LogP contribution < -0.4 is 9.46 Å². The van der Waals surface area contributed by atoms with Crippen LogP contribution in [0.3, 0.4) is 0 Å². The second-order valence-electron chi connectivity index (χ2n) is 3.10. The predicted molar refractivity (Wildman–Crippen MR) is 60.3 cm³/mol. The molecule has 1 aromatic carbocycles. The third kappa shape index (κ3) is 3.20. The lowest BCUT2D eigenvalue weighted by atomic mass is 10.3. The minimum atomic E-state index is -4.10. The molecule has 1 rings (SSSR count). The van der Waals surface area contributed by atoms with Crippen molar-refractivity contribution in [1.82, 2.24) is 4.72 Å². The van der Waals surface area contributed by atoms with Crippen LogP contribution in [-0.2, 0) is 24.3 Å². The van der Waals surface area contributed by atoms with Gasteiger partial charge in [0.15, 0.2) is 0 Å². The lowest BCUT2D eigenvalue weighted by Gasteiger charge is -2.06. The highest BCUT2D eigenvalue weighted by atomic mass is 32.2. The number of amides is 1. The Kier molecular flexibility index (Phi) is 4.27. The first-order valence-corrected chi connectivity index (χ1v) is 6.18. The van der Waals surface area contributed by atoms with E-state index in [1.54, 1.807) is 4.72 Å². The van der Waals surface area contributed by atoms with E-state index >= 15 is 0 Å². The van der Waals surface area contributed by atoms with Crippen LogP contribution in [0.5, 0.6) is 5.75 Å². The van der Waals surface area contributed by atoms with Gasteiger partial charge in [0.25, 0.3) is 10.0 Å². The fourth-order valence-electron chi connectivity index (χ4n) is 1.07. The summed E-state index contributed by atoms with van der Waals surface area (Å²) >= 11 is 0. The Labute approximate surface area is 104 Å². The van der Waals surface area contributed by atoms with Crippen LogP contribution in [-0.4, -0.2) is 34.5 Å². The zero-order valence-corrected chi connectivity index (χ0v) is 10.5. The number of benzene rings is 1. The van der Waals surface area contributed by atoms with Gasteiger partial charge in [-0.15, -0.1) is 0 Å². The smallest absolute Gasteiger partial charge is 0.397 e. The predicted octanol–water partition coefficient (Wildman–Crippen LogP) is -0.327. The van der Waals surface area contributed by atoms with Gasteiger partial charge in [-0.25, -0.2) is 17.9 Å². The highest BCUT2D eigenvalue weighted by Gasteiger charge is 2.23. The molecule has 18 heavy (non-hydrogen) atoms. The van der Waals surface area contributed by atoms with Crippen LogP contribution in [0.25, 0.3) is 0 Å². The first-order valence-electron chi connectivity index (χ1n) is 4.70. The monoisotopic (exact) mass is 273 g/mol. The summed E-state index contributed by atoms with van der Waals surface area (Å²) < 4.78 is 33.9. The summed E-state index contributed by atoms with van der Waals surface area (Å²) in [5, 5.41) is 0. The van der Waals surface area contributed by atoms with Gasteiger partial charge < -0.3 is 9.47 Å². The van der Waals surface area contributed by atoms with Crippen molar-refractivity contribution in [3.8, 4) is 5.75 Å². The van der Waals surface area contributed by atoms with Crippen molar-refractivity contribution < 1.29 is 27.5 Å². The fourth-order valence-corrected chi connectivity index (χ4v) is 2.01. The summed E-state index contributed by atoms with van der Waals surface area (Å²) in [4.78, 5) is 21.7. The van der Waals surface area contributed by atoms with Crippen molar-refractivity contribution in [2.45, 2.75) is 4.90 Å². The number of sulfonamides is 1. The molecule has 0 spiro atoms. The molecule has 7 nitrogen and oxygen atoms in total. The first-order chi connectivity index (χ1) is 8.40. The molecule has 0 aliphatic heterocycles. The summed E-state index contributed by atoms with van der Waals surface area (Å²) in [5.41, 5.74) is 0. The molecule has 0 atom stereocenters. The van der Waals surface area contributed by atoms with Crippen LogP contribution in [0.15, 0.2) is 29.2 Å². The second-order valence-corrected chi connectivity index (χ2v) is 4.78. The lowest BCUT2D eigenvalue weighted by Crippen LogP contribution is -2.36. The Balaban J connectivity index is 2.92. The van der Waals surface area contributed by atoms with E-state index in [1.165, 1.54) is 31.4 Å². The van der Waals surface area contributed by atoms with Crippen LogP contribution in [0.4, 0.5) is 0 Å². The molecule has 0 aromatic heterocycles. The molecule has 0 aliphatic rings. The maximum Gasteiger partial charge on any atom is 0.397 e. The Bertz CT molecular complexity index is 548. The molecule has 0 heterocycles. The molecule has 98 valence electrons. The zero-order valence-electron chi connectivity index (χ0n) is 9.67. The summed E-state index contributed by atoms with van der Waals surface area (Å²) in [6.45, 7) is 0. The maximum atomic E-state index is 11.7. The van der Waals surface area contributed by atoms with E-state index < -0.39 is 21.9 Å². The van der Waals surface area contributed by atoms with E-state index in [1.807, 2.05) is 0 Å². The average Bonchev–Trinajstić information content (AvgIpc) is 2.37. The van der Waals surface area contributed by atoms with Gasteiger partial charge in [0.2, 0.25) is 0 Å². The minimum Gasteiger partial charge on any atom is -0.497 e. The van der Waals surface area contributed by atoms with Gasteiger partial charge in [-0.3, -0.25) is 4.79 Å². The van der Waals surface area contributed by atoms with Crippen molar-refractivity contribution >= 4 is 21.9 Å². The Morgan fingerprint density at radius 2 is 1.67 bits per heavy atom. The largest absolute Gasteiger partial charge is 0.497 e. The van der Waals surface area contributed by atoms with Crippen LogP contribution in [0.1, 0.15) is 0 Å². The summed E-state index contributed by atoms with van der Waals surface area (Å²) in [5.74, 6) is -2.17. The van der Waals surface area contributed by atoms with Crippen LogP contribution in [0, 0.1) is 0 Å². The Hall–Kier alpha value is -2.09. The molecule has 0 aliphatic carbocycles. The van der Waals surface area contributed by atoms with Crippen molar-refractivity contribution in [3.05, 3.63) is 24.3 Å². The third-order valence-corrected chi connectivity index (χ3v) is 3.31. The molecular weight excluding hydrogens is 262 g/mol. The number of methoxy groups -OCH3 is 2. The van der Waals surface area contributed by atoms with Gasteiger partial charge in [-0.05, 0) is 24.3 Å². The molecule has 0 unspecified atom stereocenters. The number of esters is 1. The molecule has 0 saturated heterocycles. The van der Waals surface area contributed by atoms with Crippen molar-refractivity contribution in [2.24, 2.45) is 0 Å². The van der Waals surface area contributed by atoms with Gasteiger partial charge in [0.05, 0.1) is 19.1 Å². The number of hydrogen-bond donors (Lipinski definition) is 1. The molecule has 1 amide bonds. The van der Waals surface area contributed by atoms with E-state index in [9.17, 15) is 18.0 Å². The van der Waals surface area contributed by atoms with E-state index in [0.29, 0.717) is 5.75 Å². The summed E-state index contributed by atoms with van der Waals surface area (Å²) in [6, 6.07) is 5.31. The molecule has 0 bridgehead atoms. The topological polar surface area (TPSA) is 98.8 Å². The normalized spacial score (nSPS) is 10.6. The van der Waals surface area contributed by atoms with Gasteiger partial charge in [-0.2, -0.15) is 0 Å². The lowest BCUT2D eigenvalue weighted by molar-refractivity contribution is -0.151. The minimum absolute atomic E-state index is 0.166. The van der Waals surface area contributed by atoms with Gasteiger partial charge in [-0.1, -0.05) is 0 Å². The van der Waals surface area contributed by atoms with E-state index in [-0.39, 0.29) is 4.90 Å². The highest BCUT2D eigenvalue weighted by molar-refractivity contribution is 7.90. The van der Waals surface area contributed by atoms with Gasteiger partial charge in [0, 0.05) is 0 Å². The molecule has 8 heteroatoms. The van der Waals surface area contributed by atoms with Gasteiger partial charge >= 0.3 is 11.9 Å². The Morgan fingerprint density at radius 3 is 2.11 bits per heavy atom. The quantitative estimate of drug-likeness (QED) is 0.598. The van der Waals surface area contributed by atoms with Crippen LogP contribution >= 0.6 is 0 Å². The number of carbonyl (C=O) groups is 2. The number of nitrogens with one attached hydrogen (secondary N) is 1. The average molecular weight is 273 g/mol. The van der Waals surface area contributed by atoms with E-state index in [4.69, 9.17) is 4.74 Å². The molecule has 0 saturated carbocycles. The van der Waals surface area contributed by atoms with Crippen LogP contribution in [0.2, 0.25) is 0 Å². The maximum absolute atomic E-state index is 11.7. The van der Waals surface area contributed by atoms with Crippen molar-refractivity contribution in [1.29, 1.82) is 0 Å². The SMILES string of the molecule is COC(=O)C(=O)NS(=O)(=O)c1ccc(OC)cc1. The molecular formula is C10H11NO6S. The molecule has 1 aromatic rings. The van der Waals surface area contributed by atoms with Crippen molar-refractivity contribution in [2.75, 3.05) is 14.2 Å². The molecule has 1 N–H and O–H groups in total. The van der Waals surface area contributed by atoms with Gasteiger partial charge in [0.1, 0.15) is 5.75 Å². The zero-order chi connectivity index (χ0) is 13.8. The fraction of sp³-hybridized carbons (Fsp3) is 0.200. The number of hydrogen-bond acceptors (Lipinski definition) is 6. The second kappa shape index (κ2) is 5.50. The highest BCUT2D eigenvalue weighted by Crippen LogP contribution is 2.15. The standard InChI is InChI=1S/C10H11NO6S/c1-16-7-3-5-8(6-4-7)18(14,15)11-9(12)10(13)17-2/h3-6H,1-2H3,(H,11,12). The molecule has 0 radical (unpaired) electrons. The van der Waals surface area contributed by atoms with E-state index in [0.717, 1.165) is 7.11 Å². The molecule has 0 fully saturated rings. The van der Waals surface area contributed by atoms with E-state index in [2.05, 4.69) is 4.74 Å². The summed E-state index contributed by atoms with van der Waals surface area (Å²) in [6.07, 6.45) is 0. The van der Waals surface area contributed by atoms with Crippen molar-refractivity contribution in [3.63, 3.8) is 0 Å². The number of carbonyl (C=O) groups excluding carboxylic acids is 2. The first kappa shape index (κ1) is 14.0. The number of rotatable bonds is 3. The third-order valence-electron chi connectivity index (χ3n) is 1.97.